The molecule has 1 aliphatic heterocycles. The second-order valence-electron chi connectivity index (χ2n) is 4.65. The van der Waals surface area contributed by atoms with Crippen LogP contribution in [0.15, 0.2) is 41.0 Å². The van der Waals surface area contributed by atoms with Gasteiger partial charge in [-0.25, -0.2) is 4.98 Å². The molecule has 0 saturated heterocycles. The summed E-state index contributed by atoms with van der Waals surface area (Å²) >= 11 is 1.35. The molecule has 114 valence electrons. The normalized spacial score (nSPS) is 21.5. The number of rotatable bonds is 2. The third-order valence-electron chi connectivity index (χ3n) is 3.31. The summed E-state index contributed by atoms with van der Waals surface area (Å²) < 4.78 is 38.6. The second-order valence-corrected chi connectivity index (χ2v) is 5.53. The maximum absolute atomic E-state index is 12.6. The number of carbonyl (C=O) groups excluding carboxylic acids is 1. The highest BCUT2D eigenvalue weighted by molar-refractivity contribution is 7.16. The highest BCUT2D eigenvalue weighted by Crippen LogP contribution is 2.31. The van der Waals surface area contributed by atoms with Crippen LogP contribution in [0.1, 0.15) is 5.56 Å². The van der Waals surface area contributed by atoms with Crippen LogP contribution in [0.25, 0.3) is 10.2 Å². The maximum Gasteiger partial charge on any atom is 0.435 e. The van der Waals surface area contributed by atoms with E-state index < -0.39 is 23.3 Å². The van der Waals surface area contributed by atoms with E-state index in [1.165, 1.54) is 11.3 Å². The molecule has 1 aliphatic rings. The fourth-order valence-corrected chi connectivity index (χ4v) is 2.84. The number of primary amides is 1. The van der Waals surface area contributed by atoms with Crippen LogP contribution in [0.3, 0.4) is 0 Å². The Hall–Kier alpha value is -2.42. The first kappa shape index (κ1) is 14.5. The minimum atomic E-state index is -4.60. The third-order valence-corrected chi connectivity index (χ3v) is 4.10. The zero-order valence-corrected chi connectivity index (χ0v) is 11.7. The van der Waals surface area contributed by atoms with Crippen LogP contribution in [0, 0.1) is 0 Å². The molecular weight excluding hydrogens is 317 g/mol. The van der Waals surface area contributed by atoms with Crippen molar-refractivity contribution in [2.24, 2.45) is 10.8 Å². The van der Waals surface area contributed by atoms with Gasteiger partial charge in [-0.2, -0.15) is 18.3 Å². The number of nitrogens with one attached hydrogen (secondary N) is 1. The predicted molar refractivity (Wildman–Crippen MR) is 76.3 cm³/mol. The van der Waals surface area contributed by atoms with Crippen LogP contribution in [0.2, 0.25) is 0 Å². The zero-order valence-electron chi connectivity index (χ0n) is 10.9. The smallest absolute Gasteiger partial charge is 0.367 e. The second kappa shape index (κ2) is 4.80. The van der Waals surface area contributed by atoms with Crippen LogP contribution in [-0.2, 0) is 10.3 Å². The van der Waals surface area contributed by atoms with Crippen molar-refractivity contribution in [3.63, 3.8) is 0 Å². The molecule has 0 radical (unpaired) electrons. The van der Waals surface area contributed by atoms with Crippen LogP contribution >= 0.6 is 11.3 Å². The summed E-state index contributed by atoms with van der Waals surface area (Å²) in [6.45, 7) is 0. The maximum atomic E-state index is 12.6. The van der Waals surface area contributed by atoms with Gasteiger partial charge in [0, 0.05) is 0 Å². The molecule has 0 spiro atoms. The summed E-state index contributed by atoms with van der Waals surface area (Å²) in [6, 6.07) is 4.91. The number of hydrogen-bond donors (Lipinski definition) is 2. The number of benzene rings is 1. The molecule has 1 aromatic carbocycles. The van der Waals surface area contributed by atoms with Crippen LogP contribution in [0.5, 0.6) is 0 Å². The number of amides is 1. The number of aromatic nitrogens is 1. The van der Waals surface area contributed by atoms with Crippen molar-refractivity contribution in [3.05, 3.63) is 41.4 Å². The first-order valence-electron chi connectivity index (χ1n) is 6.08. The van der Waals surface area contributed by atoms with Crippen molar-refractivity contribution >= 4 is 33.2 Å². The van der Waals surface area contributed by atoms with Crippen molar-refractivity contribution in [2.45, 2.75) is 11.7 Å². The Morgan fingerprint density at radius 2 is 2.14 bits per heavy atom. The number of fused-ring (bicyclic) bond motifs is 1. The lowest BCUT2D eigenvalue weighted by Gasteiger charge is -2.30. The Morgan fingerprint density at radius 3 is 2.73 bits per heavy atom. The minimum absolute atomic E-state index is 0.401. The molecule has 0 aliphatic carbocycles. The van der Waals surface area contributed by atoms with Gasteiger partial charge < -0.3 is 5.73 Å². The lowest BCUT2D eigenvalue weighted by molar-refractivity contribution is -0.123. The molecule has 0 bridgehead atoms. The lowest BCUT2D eigenvalue weighted by Crippen LogP contribution is -2.51. The molecule has 1 aromatic heterocycles. The summed E-state index contributed by atoms with van der Waals surface area (Å²) in [7, 11) is 0. The van der Waals surface area contributed by atoms with Gasteiger partial charge in [-0.15, -0.1) is 11.3 Å². The first-order chi connectivity index (χ1) is 10.3. The number of nitrogens with two attached hydrogens (primary N) is 1. The minimum Gasteiger partial charge on any atom is -0.367 e. The fourth-order valence-electron chi connectivity index (χ4n) is 2.13. The van der Waals surface area contributed by atoms with E-state index in [1.807, 2.05) is 0 Å². The van der Waals surface area contributed by atoms with Gasteiger partial charge in [-0.3, -0.25) is 10.2 Å². The topological polar surface area (TPSA) is 80.4 Å². The molecule has 1 atom stereocenters. The average Bonchev–Trinajstić information content (AvgIpc) is 2.93. The molecule has 2 aromatic rings. The average molecular weight is 326 g/mol. The van der Waals surface area contributed by atoms with E-state index >= 15 is 0 Å². The van der Waals surface area contributed by atoms with E-state index in [2.05, 4.69) is 15.5 Å². The molecule has 0 saturated carbocycles. The van der Waals surface area contributed by atoms with Gasteiger partial charge in [0.15, 0.2) is 11.3 Å². The molecule has 3 N–H and O–H groups in total. The van der Waals surface area contributed by atoms with Crippen molar-refractivity contribution in [3.8, 4) is 0 Å². The molecule has 1 unspecified atom stereocenters. The van der Waals surface area contributed by atoms with Crippen molar-refractivity contribution in [1.82, 2.24) is 10.4 Å². The van der Waals surface area contributed by atoms with Gasteiger partial charge in [0.1, 0.15) is 0 Å². The Kier molecular flexibility index (Phi) is 3.17. The number of carbonyl (C=O) groups is 1. The van der Waals surface area contributed by atoms with Gasteiger partial charge >= 0.3 is 6.18 Å². The zero-order chi connectivity index (χ0) is 16.0. The van der Waals surface area contributed by atoms with Gasteiger partial charge in [-0.1, -0.05) is 6.07 Å². The molecular formula is C13H9F3N4OS. The van der Waals surface area contributed by atoms with E-state index in [1.54, 1.807) is 23.7 Å². The molecule has 22 heavy (non-hydrogen) atoms. The molecule has 0 fully saturated rings. The summed E-state index contributed by atoms with van der Waals surface area (Å²) in [5.41, 5.74) is 7.67. The largest absolute Gasteiger partial charge is 0.435 e. The molecule has 5 nitrogen and oxygen atoms in total. The molecule has 9 heteroatoms. The number of halogens is 3. The Bertz CT molecular complexity index is 811. The van der Waals surface area contributed by atoms with E-state index in [0.717, 1.165) is 22.4 Å². The third kappa shape index (κ3) is 2.23. The van der Waals surface area contributed by atoms with Crippen LogP contribution in [0.4, 0.5) is 13.2 Å². The van der Waals surface area contributed by atoms with E-state index in [0.29, 0.717) is 5.56 Å². The Labute approximate surface area is 126 Å². The quantitative estimate of drug-likeness (QED) is 0.886. The summed E-state index contributed by atoms with van der Waals surface area (Å²) in [6.07, 6.45) is -2.78. The van der Waals surface area contributed by atoms with Gasteiger partial charge in [0.25, 0.3) is 5.91 Å². The first-order valence-corrected chi connectivity index (χ1v) is 6.96. The van der Waals surface area contributed by atoms with E-state index in [9.17, 15) is 18.0 Å². The molecule has 2 heterocycles. The molecule has 1 amide bonds. The van der Waals surface area contributed by atoms with E-state index in [4.69, 9.17) is 5.73 Å². The monoisotopic (exact) mass is 326 g/mol. The number of hydrogen-bond acceptors (Lipinski definition) is 5. The fraction of sp³-hybridized carbons (Fsp3) is 0.154. The van der Waals surface area contributed by atoms with Crippen molar-refractivity contribution in [1.29, 1.82) is 0 Å². The SMILES string of the molecule is NC(=O)C1(c2ccc3ncsc3c2)C=CC(C(F)(F)F)=NN1. The van der Waals surface area contributed by atoms with Crippen molar-refractivity contribution in [2.75, 3.05) is 0 Å². The molecule has 3 rings (SSSR count). The summed E-state index contributed by atoms with van der Waals surface area (Å²) in [5.74, 6) is -0.849. The van der Waals surface area contributed by atoms with Crippen LogP contribution < -0.4 is 11.2 Å². The summed E-state index contributed by atoms with van der Waals surface area (Å²) in [4.78, 5) is 16.0. The van der Waals surface area contributed by atoms with Gasteiger partial charge in [0.05, 0.1) is 15.7 Å². The number of allylic oxidation sites excluding steroid dienone is 1. The number of thiazole rings is 1. The lowest BCUT2D eigenvalue weighted by atomic mass is 9.88. The number of nitrogens with zero attached hydrogens (tertiary/aromatic N) is 2. The Balaban J connectivity index is 2.06. The standard InChI is InChI=1S/C13H9F3N4OS/c14-13(15,16)10-3-4-12(11(17)21,20-19-10)7-1-2-8-9(5-7)22-6-18-8/h1-6,20H,(H2,17,21). The number of hydrazone groups is 1. The number of alkyl halides is 3. The van der Waals surface area contributed by atoms with Crippen molar-refractivity contribution < 1.29 is 18.0 Å². The summed E-state index contributed by atoms with van der Waals surface area (Å²) in [5, 5.41) is 3.26. The highest BCUT2D eigenvalue weighted by atomic mass is 32.1. The van der Waals surface area contributed by atoms with Gasteiger partial charge in [0.2, 0.25) is 0 Å². The van der Waals surface area contributed by atoms with E-state index in [-0.39, 0.29) is 0 Å². The Morgan fingerprint density at radius 1 is 1.36 bits per heavy atom. The predicted octanol–water partition coefficient (Wildman–Crippen LogP) is 2.05. The van der Waals surface area contributed by atoms with Gasteiger partial charge in [-0.05, 0) is 29.8 Å². The highest BCUT2D eigenvalue weighted by Gasteiger charge is 2.42. The van der Waals surface area contributed by atoms with Crippen LogP contribution in [-0.4, -0.2) is 22.8 Å².